The molecule has 3 aliphatic rings. The first-order valence-electron chi connectivity index (χ1n) is 6.72. The third-order valence-electron chi connectivity index (χ3n) is 5.28. The Morgan fingerprint density at radius 2 is 1.95 bits per heavy atom. The van der Waals surface area contributed by atoms with Crippen molar-refractivity contribution in [2.24, 2.45) is 10.8 Å². The molecule has 3 rings (SSSR count). The van der Waals surface area contributed by atoms with Gasteiger partial charge in [-0.15, -0.1) is 0 Å². The Balaban J connectivity index is 2.26. The number of carbonyl (C=O) groups is 1. The summed E-state index contributed by atoms with van der Waals surface area (Å²) in [6.07, 6.45) is 2.30. The molecule has 3 atom stereocenters. The molecule has 1 spiro atoms. The maximum Gasteiger partial charge on any atom is 0.178 e. The Morgan fingerprint density at radius 1 is 1.37 bits per heavy atom. The zero-order valence-electron chi connectivity index (χ0n) is 11.5. The fourth-order valence-corrected chi connectivity index (χ4v) is 3.65. The van der Waals surface area contributed by atoms with Crippen molar-refractivity contribution in [3.05, 3.63) is 22.8 Å². The third-order valence-corrected chi connectivity index (χ3v) is 5.28. The average Bonchev–Trinajstić information content (AvgIpc) is 3.11. The molecule has 1 fully saturated rings. The van der Waals surface area contributed by atoms with E-state index in [1.807, 2.05) is 6.92 Å². The molecule has 4 nitrogen and oxygen atoms in total. The van der Waals surface area contributed by atoms with E-state index in [2.05, 4.69) is 0 Å². The Bertz CT molecular complexity index is 536. The van der Waals surface area contributed by atoms with Gasteiger partial charge in [-0.25, -0.2) is 0 Å². The van der Waals surface area contributed by atoms with Gasteiger partial charge in [-0.3, -0.25) is 4.79 Å². The number of aliphatic hydroxyl groups is 3. The lowest BCUT2D eigenvalue weighted by Gasteiger charge is -2.37. The zero-order chi connectivity index (χ0) is 14.2. The van der Waals surface area contributed by atoms with E-state index in [0.29, 0.717) is 11.1 Å². The highest BCUT2D eigenvalue weighted by atomic mass is 16.3. The van der Waals surface area contributed by atoms with Crippen molar-refractivity contribution in [3.63, 3.8) is 0 Å². The largest absolute Gasteiger partial charge is 0.395 e. The van der Waals surface area contributed by atoms with Gasteiger partial charge in [0.05, 0.1) is 18.1 Å². The van der Waals surface area contributed by atoms with Crippen LogP contribution in [0, 0.1) is 10.8 Å². The highest BCUT2D eigenvalue weighted by Crippen LogP contribution is 2.62. The number of ketones is 1. The van der Waals surface area contributed by atoms with Crippen molar-refractivity contribution in [2.45, 2.75) is 45.3 Å². The smallest absolute Gasteiger partial charge is 0.178 e. The van der Waals surface area contributed by atoms with Gasteiger partial charge in [0.25, 0.3) is 0 Å². The van der Waals surface area contributed by atoms with Crippen molar-refractivity contribution < 1.29 is 20.1 Å². The minimum atomic E-state index is -1.56. The Hall–Kier alpha value is -0.970. The maximum atomic E-state index is 12.5. The van der Waals surface area contributed by atoms with E-state index in [1.165, 1.54) is 6.92 Å². The first kappa shape index (κ1) is 13.0. The predicted octanol–water partition coefficient (Wildman–Crippen LogP) is 0.716. The molecule has 0 unspecified atom stereocenters. The Kier molecular flexibility index (Phi) is 2.31. The summed E-state index contributed by atoms with van der Waals surface area (Å²) in [5.41, 5.74) is -0.927. The summed E-state index contributed by atoms with van der Waals surface area (Å²) < 4.78 is 0. The zero-order valence-corrected chi connectivity index (χ0v) is 11.5. The SMILES string of the molecule is CC1=C2C(=C[C@@](C)(CO)[C@@H]2O)[C@](C)(O)C(=O)C12CC2. The third kappa shape index (κ3) is 1.32. The lowest BCUT2D eigenvalue weighted by atomic mass is 9.69. The van der Waals surface area contributed by atoms with Crippen LogP contribution in [0.5, 0.6) is 0 Å². The lowest BCUT2D eigenvalue weighted by Crippen LogP contribution is -2.47. The van der Waals surface area contributed by atoms with Crippen LogP contribution in [0.25, 0.3) is 0 Å². The molecule has 0 radical (unpaired) electrons. The van der Waals surface area contributed by atoms with Gasteiger partial charge < -0.3 is 15.3 Å². The molecule has 4 heteroatoms. The molecule has 0 aromatic rings. The van der Waals surface area contributed by atoms with Crippen molar-refractivity contribution in [2.75, 3.05) is 6.61 Å². The van der Waals surface area contributed by atoms with Crippen LogP contribution in [-0.2, 0) is 4.79 Å². The number of rotatable bonds is 1. The number of fused-ring (bicyclic) bond motifs is 1. The molecule has 0 amide bonds. The standard InChI is InChI=1S/C15H20O4/c1-8-10-9(6-13(2,7-16)11(10)17)14(3,19)12(18)15(8)4-5-15/h6,11,16-17,19H,4-5,7H2,1-3H3/t11-,13+,14+/m1/s1. The second-order valence-corrected chi connectivity index (χ2v) is 6.65. The quantitative estimate of drug-likeness (QED) is 0.652. The van der Waals surface area contributed by atoms with E-state index < -0.39 is 22.5 Å². The first-order valence-corrected chi connectivity index (χ1v) is 6.72. The van der Waals surface area contributed by atoms with Crippen molar-refractivity contribution in [1.29, 1.82) is 0 Å². The number of carbonyl (C=O) groups excluding carboxylic acids is 1. The van der Waals surface area contributed by atoms with Crippen molar-refractivity contribution in [1.82, 2.24) is 0 Å². The minimum absolute atomic E-state index is 0.165. The van der Waals surface area contributed by atoms with Crippen LogP contribution >= 0.6 is 0 Å². The number of hydrogen-bond acceptors (Lipinski definition) is 4. The van der Waals surface area contributed by atoms with Gasteiger partial charge in [-0.05, 0) is 37.8 Å². The molecule has 104 valence electrons. The molecule has 3 aliphatic carbocycles. The summed E-state index contributed by atoms with van der Waals surface area (Å²) in [7, 11) is 0. The van der Waals surface area contributed by atoms with E-state index in [-0.39, 0.29) is 12.4 Å². The molecular weight excluding hydrogens is 244 g/mol. The maximum absolute atomic E-state index is 12.5. The second kappa shape index (κ2) is 3.37. The van der Waals surface area contributed by atoms with Gasteiger partial charge >= 0.3 is 0 Å². The highest BCUT2D eigenvalue weighted by molar-refractivity contribution is 6.03. The molecule has 1 saturated carbocycles. The van der Waals surface area contributed by atoms with E-state index >= 15 is 0 Å². The van der Waals surface area contributed by atoms with Crippen LogP contribution in [-0.4, -0.2) is 39.4 Å². The molecule has 19 heavy (non-hydrogen) atoms. The van der Waals surface area contributed by atoms with Crippen molar-refractivity contribution >= 4 is 5.78 Å². The fourth-order valence-electron chi connectivity index (χ4n) is 3.65. The molecule has 0 heterocycles. The normalized spacial score (nSPS) is 43.6. The molecular formula is C15H20O4. The fraction of sp³-hybridized carbons (Fsp3) is 0.667. The van der Waals surface area contributed by atoms with Gasteiger partial charge in [0, 0.05) is 5.41 Å². The van der Waals surface area contributed by atoms with Gasteiger partial charge in [-0.1, -0.05) is 18.6 Å². The van der Waals surface area contributed by atoms with Crippen LogP contribution in [0.3, 0.4) is 0 Å². The van der Waals surface area contributed by atoms with E-state index in [1.54, 1.807) is 13.0 Å². The van der Waals surface area contributed by atoms with E-state index in [9.17, 15) is 20.1 Å². The average molecular weight is 264 g/mol. The van der Waals surface area contributed by atoms with Crippen LogP contribution in [0.2, 0.25) is 0 Å². The van der Waals surface area contributed by atoms with Crippen LogP contribution in [0.4, 0.5) is 0 Å². The summed E-state index contributed by atoms with van der Waals surface area (Å²) in [4.78, 5) is 12.5. The van der Waals surface area contributed by atoms with Crippen molar-refractivity contribution in [3.8, 4) is 0 Å². The second-order valence-electron chi connectivity index (χ2n) is 6.65. The number of aliphatic hydroxyl groups excluding tert-OH is 2. The summed E-state index contributed by atoms with van der Waals surface area (Å²) in [6.45, 7) is 4.90. The number of Topliss-reactive ketones (excluding diaryl/α,β-unsaturated/α-hetero) is 1. The molecule has 0 aromatic carbocycles. The highest BCUT2D eigenvalue weighted by Gasteiger charge is 2.64. The lowest BCUT2D eigenvalue weighted by molar-refractivity contribution is -0.137. The van der Waals surface area contributed by atoms with E-state index in [0.717, 1.165) is 18.4 Å². The molecule has 0 bridgehead atoms. The molecule has 3 N–H and O–H groups in total. The van der Waals surface area contributed by atoms with Crippen LogP contribution in [0.15, 0.2) is 22.8 Å². The monoisotopic (exact) mass is 264 g/mol. The van der Waals surface area contributed by atoms with Gasteiger partial charge in [0.1, 0.15) is 5.60 Å². The summed E-state index contributed by atoms with van der Waals surface area (Å²) in [6, 6.07) is 0. The minimum Gasteiger partial charge on any atom is -0.395 e. The summed E-state index contributed by atoms with van der Waals surface area (Å²) in [5, 5.41) is 30.6. The topological polar surface area (TPSA) is 77.8 Å². The van der Waals surface area contributed by atoms with E-state index in [4.69, 9.17) is 0 Å². The Labute approximate surface area is 112 Å². The van der Waals surface area contributed by atoms with Crippen LogP contribution < -0.4 is 0 Å². The van der Waals surface area contributed by atoms with Gasteiger partial charge in [0.2, 0.25) is 0 Å². The summed E-state index contributed by atoms with van der Waals surface area (Å²) >= 11 is 0. The number of hydrogen-bond donors (Lipinski definition) is 3. The molecule has 0 saturated heterocycles. The Morgan fingerprint density at radius 3 is 2.42 bits per heavy atom. The molecule has 0 aliphatic heterocycles. The van der Waals surface area contributed by atoms with Gasteiger partial charge in [0.15, 0.2) is 5.78 Å². The summed E-state index contributed by atoms with van der Waals surface area (Å²) in [5.74, 6) is -0.165. The van der Waals surface area contributed by atoms with Crippen LogP contribution in [0.1, 0.15) is 33.6 Å². The first-order chi connectivity index (χ1) is 8.70. The van der Waals surface area contributed by atoms with Gasteiger partial charge in [-0.2, -0.15) is 0 Å². The molecule has 0 aromatic heterocycles. The number of allylic oxidation sites excluding steroid dienone is 1. The predicted molar refractivity (Wildman–Crippen MR) is 69.3 cm³/mol.